The number of hydrogen-bond donors (Lipinski definition) is 1. The van der Waals surface area contributed by atoms with Gasteiger partial charge in [-0.15, -0.1) is 0 Å². The van der Waals surface area contributed by atoms with Gasteiger partial charge in [-0.05, 0) is 48.6 Å². The molecule has 0 fully saturated rings. The SMILES string of the molecule is CCC(C)(C)c1ccc(Oc2ccc([C@@H](C)N)nc2)cc1. The molecule has 0 unspecified atom stereocenters. The number of hydrogen-bond acceptors (Lipinski definition) is 3. The van der Waals surface area contributed by atoms with Gasteiger partial charge in [-0.3, -0.25) is 4.98 Å². The van der Waals surface area contributed by atoms with E-state index in [0.717, 1.165) is 23.6 Å². The summed E-state index contributed by atoms with van der Waals surface area (Å²) in [5.74, 6) is 1.54. The normalized spacial score (nSPS) is 13.0. The van der Waals surface area contributed by atoms with E-state index in [1.54, 1.807) is 6.20 Å². The Labute approximate surface area is 127 Å². The van der Waals surface area contributed by atoms with Crippen LogP contribution in [0.1, 0.15) is 51.4 Å². The van der Waals surface area contributed by atoms with Crippen molar-refractivity contribution in [3.05, 3.63) is 53.9 Å². The van der Waals surface area contributed by atoms with Crippen LogP contribution in [0.2, 0.25) is 0 Å². The fourth-order valence-corrected chi connectivity index (χ4v) is 2.04. The van der Waals surface area contributed by atoms with Gasteiger partial charge >= 0.3 is 0 Å². The van der Waals surface area contributed by atoms with E-state index in [1.807, 2.05) is 31.2 Å². The standard InChI is InChI=1S/C18H24N2O/c1-5-18(3,4)14-6-8-15(9-7-14)21-16-10-11-17(13(2)19)20-12-16/h6-13H,5,19H2,1-4H3/t13-/m1/s1. The zero-order chi connectivity index (χ0) is 15.5. The highest BCUT2D eigenvalue weighted by molar-refractivity contribution is 5.35. The minimum Gasteiger partial charge on any atom is -0.456 e. The van der Waals surface area contributed by atoms with Crippen LogP contribution < -0.4 is 10.5 Å². The summed E-state index contributed by atoms with van der Waals surface area (Å²) in [7, 11) is 0. The third kappa shape index (κ3) is 3.82. The van der Waals surface area contributed by atoms with Gasteiger partial charge in [0.15, 0.2) is 0 Å². The lowest BCUT2D eigenvalue weighted by Crippen LogP contribution is -2.14. The predicted molar refractivity (Wildman–Crippen MR) is 86.7 cm³/mol. The average Bonchev–Trinajstić information content (AvgIpc) is 2.48. The summed E-state index contributed by atoms with van der Waals surface area (Å²) in [5.41, 5.74) is 8.16. The van der Waals surface area contributed by atoms with Crippen LogP contribution in [0, 0.1) is 0 Å². The Balaban J connectivity index is 2.10. The van der Waals surface area contributed by atoms with Crippen molar-refractivity contribution in [2.75, 3.05) is 0 Å². The first-order valence-electron chi connectivity index (χ1n) is 7.42. The Morgan fingerprint density at radius 3 is 2.19 bits per heavy atom. The predicted octanol–water partition coefficient (Wildman–Crippen LogP) is 4.58. The summed E-state index contributed by atoms with van der Waals surface area (Å²) in [6, 6.07) is 12.0. The molecule has 3 nitrogen and oxygen atoms in total. The van der Waals surface area contributed by atoms with Crippen molar-refractivity contribution in [2.45, 2.75) is 45.6 Å². The van der Waals surface area contributed by atoms with E-state index in [-0.39, 0.29) is 11.5 Å². The second kappa shape index (κ2) is 6.27. The third-order valence-corrected chi connectivity index (χ3v) is 3.98. The molecule has 0 aliphatic rings. The third-order valence-electron chi connectivity index (χ3n) is 3.98. The Morgan fingerprint density at radius 1 is 1.10 bits per heavy atom. The molecule has 0 saturated heterocycles. The van der Waals surface area contributed by atoms with Gasteiger partial charge in [-0.1, -0.05) is 32.9 Å². The number of rotatable bonds is 5. The van der Waals surface area contributed by atoms with Crippen molar-refractivity contribution in [1.29, 1.82) is 0 Å². The van der Waals surface area contributed by atoms with Gasteiger partial charge in [0.1, 0.15) is 11.5 Å². The molecule has 1 atom stereocenters. The molecule has 2 aromatic rings. The first-order chi connectivity index (χ1) is 9.92. The number of nitrogens with two attached hydrogens (primary N) is 1. The summed E-state index contributed by atoms with van der Waals surface area (Å²) in [6.45, 7) is 8.62. The molecule has 3 heteroatoms. The molecular weight excluding hydrogens is 260 g/mol. The molecule has 0 bridgehead atoms. The van der Waals surface area contributed by atoms with Crippen LogP contribution in [0.4, 0.5) is 0 Å². The van der Waals surface area contributed by atoms with Crippen LogP contribution >= 0.6 is 0 Å². The molecule has 0 radical (unpaired) electrons. The molecule has 0 saturated carbocycles. The molecule has 0 aliphatic heterocycles. The first-order valence-corrected chi connectivity index (χ1v) is 7.42. The van der Waals surface area contributed by atoms with Crippen molar-refractivity contribution in [3.8, 4) is 11.5 Å². The van der Waals surface area contributed by atoms with Gasteiger partial charge in [0.2, 0.25) is 0 Å². The van der Waals surface area contributed by atoms with Gasteiger partial charge in [0.05, 0.1) is 11.9 Å². The number of aromatic nitrogens is 1. The molecule has 0 amide bonds. The molecule has 1 aromatic carbocycles. The Kier molecular flexibility index (Phi) is 4.63. The van der Waals surface area contributed by atoms with Crippen LogP contribution in [0.15, 0.2) is 42.6 Å². The second-order valence-electron chi connectivity index (χ2n) is 6.07. The molecule has 1 aromatic heterocycles. The van der Waals surface area contributed by atoms with E-state index in [9.17, 15) is 0 Å². The lowest BCUT2D eigenvalue weighted by Gasteiger charge is -2.23. The fraction of sp³-hybridized carbons (Fsp3) is 0.389. The summed E-state index contributed by atoms with van der Waals surface area (Å²) >= 11 is 0. The summed E-state index contributed by atoms with van der Waals surface area (Å²) in [4.78, 5) is 4.29. The minimum absolute atomic E-state index is 0.0605. The Morgan fingerprint density at radius 2 is 1.71 bits per heavy atom. The molecular formula is C18H24N2O. The van der Waals surface area contributed by atoms with Crippen molar-refractivity contribution in [2.24, 2.45) is 5.73 Å². The van der Waals surface area contributed by atoms with Crippen LogP contribution in [0.3, 0.4) is 0 Å². The maximum atomic E-state index is 5.81. The molecule has 2 N–H and O–H groups in total. The second-order valence-corrected chi connectivity index (χ2v) is 6.07. The zero-order valence-electron chi connectivity index (χ0n) is 13.3. The van der Waals surface area contributed by atoms with Gasteiger partial charge in [0, 0.05) is 6.04 Å². The Bertz CT molecular complexity index is 571. The zero-order valence-corrected chi connectivity index (χ0v) is 13.3. The number of benzene rings is 1. The number of ether oxygens (including phenoxy) is 1. The van der Waals surface area contributed by atoms with Gasteiger partial charge in [-0.2, -0.15) is 0 Å². The van der Waals surface area contributed by atoms with Gasteiger partial charge in [0.25, 0.3) is 0 Å². The maximum absolute atomic E-state index is 5.81. The summed E-state index contributed by atoms with van der Waals surface area (Å²) < 4.78 is 5.81. The van der Waals surface area contributed by atoms with E-state index in [0.29, 0.717) is 0 Å². The van der Waals surface area contributed by atoms with Gasteiger partial charge in [-0.25, -0.2) is 0 Å². The van der Waals surface area contributed by atoms with Crippen LogP contribution in [-0.2, 0) is 5.41 Å². The molecule has 0 spiro atoms. The monoisotopic (exact) mass is 284 g/mol. The lowest BCUT2D eigenvalue weighted by atomic mass is 9.82. The van der Waals surface area contributed by atoms with E-state index in [4.69, 9.17) is 10.5 Å². The van der Waals surface area contributed by atoms with Crippen LogP contribution in [-0.4, -0.2) is 4.98 Å². The molecule has 112 valence electrons. The van der Waals surface area contributed by atoms with Crippen molar-refractivity contribution >= 4 is 0 Å². The fourth-order valence-electron chi connectivity index (χ4n) is 2.04. The van der Waals surface area contributed by atoms with E-state index in [2.05, 4.69) is 37.9 Å². The van der Waals surface area contributed by atoms with Crippen molar-refractivity contribution in [1.82, 2.24) is 4.98 Å². The molecule has 2 rings (SSSR count). The average molecular weight is 284 g/mol. The maximum Gasteiger partial charge on any atom is 0.145 e. The topological polar surface area (TPSA) is 48.1 Å². The quantitative estimate of drug-likeness (QED) is 0.874. The Hall–Kier alpha value is -1.87. The highest BCUT2D eigenvalue weighted by atomic mass is 16.5. The largest absolute Gasteiger partial charge is 0.456 e. The lowest BCUT2D eigenvalue weighted by molar-refractivity contribution is 0.475. The van der Waals surface area contributed by atoms with Gasteiger partial charge < -0.3 is 10.5 Å². The van der Waals surface area contributed by atoms with Crippen LogP contribution in [0.25, 0.3) is 0 Å². The van der Waals surface area contributed by atoms with Crippen LogP contribution in [0.5, 0.6) is 11.5 Å². The van der Waals surface area contributed by atoms with Crippen molar-refractivity contribution < 1.29 is 4.74 Å². The summed E-state index contributed by atoms with van der Waals surface area (Å²) in [5, 5.41) is 0. The van der Waals surface area contributed by atoms with E-state index >= 15 is 0 Å². The molecule has 0 aliphatic carbocycles. The summed E-state index contributed by atoms with van der Waals surface area (Å²) in [6.07, 6.45) is 2.82. The highest BCUT2D eigenvalue weighted by Crippen LogP contribution is 2.29. The highest BCUT2D eigenvalue weighted by Gasteiger charge is 2.17. The number of pyridine rings is 1. The first kappa shape index (κ1) is 15.5. The smallest absolute Gasteiger partial charge is 0.145 e. The van der Waals surface area contributed by atoms with Crippen molar-refractivity contribution in [3.63, 3.8) is 0 Å². The molecule has 1 heterocycles. The number of nitrogens with zero attached hydrogens (tertiary/aromatic N) is 1. The van der Waals surface area contributed by atoms with E-state index in [1.165, 1.54) is 5.56 Å². The molecule has 21 heavy (non-hydrogen) atoms. The minimum atomic E-state index is -0.0605. The van der Waals surface area contributed by atoms with E-state index < -0.39 is 0 Å².